The molecule has 1 aromatic heterocycles. The van der Waals surface area contributed by atoms with Crippen LogP contribution in [0.5, 0.6) is 0 Å². The van der Waals surface area contributed by atoms with Gasteiger partial charge in [-0.1, -0.05) is 37.6 Å². The first-order valence-electron chi connectivity index (χ1n) is 5.69. The van der Waals surface area contributed by atoms with Gasteiger partial charge in [0.15, 0.2) is 0 Å². The number of allylic oxidation sites excluding steroid dienone is 1. The molecule has 1 heterocycles. The Balaban J connectivity index is 2.40. The molecule has 1 aromatic carbocycles. The average molecular weight is 230 g/mol. The highest BCUT2D eigenvalue weighted by molar-refractivity contribution is 7.18. The molecule has 0 saturated heterocycles. The molecule has 0 aliphatic carbocycles. The summed E-state index contributed by atoms with van der Waals surface area (Å²) in [6.07, 6.45) is 7.43. The van der Waals surface area contributed by atoms with Crippen LogP contribution in [0.2, 0.25) is 0 Å². The molecule has 16 heavy (non-hydrogen) atoms. The van der Waals surface area contributed by atoms with Crippen LogP contribution in [0, 0.1) is 6.92 Å². The van der Waals surface area contributed by atoms with Crippen molar-refractivity contribution in [3.05, 3.63) is 41.8 Å². The maximum absolute atomic E-state index is 4.66. The van der Waals surface area contributed by atoms with E-state index in [1.165, 1.54) is 28.1 Å². The predicted molar refractivity (Wildman–Crippen MR) is 72.6 cm³/mol. The van der Waals surface area contributed by atoms with Crippen molar-refractivity contribution >= 4 is 27.6 Å². The Hall–Kier alpha value is -1.15. The first-order valence-corrected chi connectivity index (χ1v) is 6.51. The van der Waals surface area contributed by atoms with Gasteiger partial charge in [-0.05, 0) is 31.4 Å². The second-order valence-corrected chi connectivity index (χ2v) is 4.89. The van der Waals surface area contributed by atoms with Gasteiger partial charge in [0.05, 0.1) is 15.2 Å². The van der Waals surface area contributed by atoms with Gasteiger partial charge in [-0.3, -0.25) is 0 Å². The lowest BCUT2D eigenvalue weighted by molar-refractivity contribution is 0.791. The number of unbranched alkanes of at least 4 members (excludes halogenated alkanes) is 1. The molecule has 1 radical (unpaired) electrons. The summed E-state index contributed by atoms with van der Waals surface area (Å²) >= 11 is 1.81. The Kier molecular flexibility index (Phi) is 3.73. The lowest BCUT2D eigenvalue weighted by Crippen LogP contribution is -1.81. The van der Waals surface area contributed by atoms with Gasteiger partial charge >= 0.3 is 0 Å². The molecule has 0 aliphatic rings. The first-order chi connectivity index (χ1) is 7.85. The minimum Gasteiger partial charge on any atom is -0.241 e. The van der Waals surface area contributed by atoms with E-state index in [1.807, 2.05) is 23.5 Å². The Morgan fingerprint density at radius 3 is 3.06 bits per heavy atom. The number of nitrogens with zero attached hydrogens (tertiary/aromatic N) is 1. The van der Waals surface area contributed by atoms with Crippen molar-refractivity contribution in [2.45, 2.75) is 26.2 Å². The van der Waals surface area contributed by atoms with Crippen molar-refractivity contribution in [1.82, 2.24) is 4.98 Å². The zero-order chi connectivity index (χ0) is 11.4. The number of aromatic nitrogens is 1. The summed E-state index contributed by atoms with van der Waals surface area (Å²) in [5.74, 6) is 0. The molecule has 0 amide bonds. The molecule has 0 fully saturated rings. The van der Waals surface area contributed by atoms with Gasteiger partial charge in [-0.25, -0.2) is 4.98 Å². The molecule has 1 nitrogen and oxygen atoms in total. The maximum atomic E-state index is 4.66. The Morgan fingerprint density at radius 2 is 2.31 bits per heavy atom. The Morgan fingerprint density at radius 1 is 1.44 bits per heavy atom. The van der Waals surface area contributed by atoms with Gasteiger partial charge < -0.3 is 0 Å². The smallest absolute Gasteiger partial charge is 0.0938 e. The SMILES string of the molecule is [CH2]C=Cc1cccc2nc(CCCC)sc12. The minimum atomic E-state index is 1.10. The van der Waals surface area contributed by atoms with E-state index in [9.17, 15) is 0 Å². The fourth-order valence-corrected chi connectivity index (χ4v) is 2.81. The van der Waals surface area contributed by atoms with Gasteiger partial charge in [0.25, 0.3) is 0 Å². The largest absolute Gasteiger partial charge is 0.241 e. The first kappa shape index (κ1) is 11.3. The molecule has 83 valence electrons. The quantitative estimate of drug-likeness (QED) is 0.754. The van der Waals surface area contributed by atoms with Crippen molar-refractivity contribution in [3.8, 4) is 0 Å². The third kappa shape index (κ3) is 2.33. The standard InChI is InChI=1S/C14H16NS/c1-3-5-10-13-15-12-9-6-8-11(7-4-2)14(12)16-13/h4,6-9H,2-3,5,10H2,1H3. The van der Waals surface area contributed by atoms with Crippen LogP contribution in [0.25, 0.3) is 16.3 Å². The van der Waals surface area contributed by atoms with Crippen molar-refractivity contribution in [2.24, 2.45) is 0 Å². The molecule has 0 aliphatic heterocycles. The molecule has 0 spiro atoms. The van der Waals surface area contributed by atoms with Crippen molar-refractivity contribution in [2.75, 3.05) is 0 Å². The van der Waals surface area contributed by atoms with E-state index >= 15 is 0 Å². The molecule has 2 aromatic rings. The molecular weight excluding hydrogens is 214 g/mol. The molecule has 0 unspecified atom stereocenters. The second kappa shape index (κ2) is 5.26. The molecule has 0 saturated carbocycles. The van der Waals surface area contributed by atoms with Crippen LogP contribution in [0.3, 0.4) is 0 Å². The fraction of sp³-hybridized carbons (Fsp3) is 0.286. The maximum Gasteiger partial charge on any atom is 0.0938 e. The Labute approximate surface area is 101 Å². The number of hydrogen-bond acceptors (Lipinski definition) is 2. The van der Waals surface area contributed by atoms with E-state index in [4.69, 9.17) is 0 Å². The summed E-state index contributed by atoms with van der Waals surface area (Å²) in [6, 6.07) is 6.26. The van der Waals surface area contributed by atoms with Gasteiger partial charge in [0.2, 0.25) is 0 Å². The van der Waals surface area contributed by atoms with E-state index in [0.717, 1.165) is 11.9 Å². The minimum absolute atomic E-state index is 1.10. The van der Waals surface area contributed by atoms with E-state index in [0.29, 0.717) is 0 Å². The monoisotopic (exact) mass is 230 g/mol. The summed E-state index contributed by atoms with van der Waals surface area (Å²) < 4.78 is 1.29. The third-order valence-corrected chi connectivity index (χ3v) is 3.71. The van der Waals surface area contributed by atoms with Gasteiger partial charge in [-0.15, -0.1) is 11.3 Å². The van der Waals surface area contributed by atoms with Gasteiger partial charge in [0, 0.05) is 0 Å². The van der Waals surface area contributed by atoms with Crippen LogP contribution in [-0.4, -0.2) is 4.98 Å². The summed E-state index contributed by atoms with van der Waals surface area (Å²) in [7, 11) is 0. The molecule has 2 heteroatoms. The van der Waals surface area contributed by atoms with Crippen molar-refractivity contribution in [1.29, 1.82) is 0 Å². The lowest BCUT2D eigenvalue weighted by Gasteiger charge is -1.93. The molecular formula is C14H16NS. The Bertz CT molecular complexity index is 496. The van der Waals surface area contributed by atoms with Crippen LogP contribution >= 0.6 is 11.3 Å². The van der Waals surface area contributed by atoms with E-state index < -0.39 is 0 Å². The molecule has 0 atom stereocenters. The zero-order valence-corrected chi connectivity index (χ0v) is 10.4. The number of benzene rings is 1. The fourth-order valence-electron chi connectivity index (χ4n) is 1.71. The average Bonchev–Trinajstić information content (AvgIpc) is 2.70. The van der Waals surface area contributed by atoms with Crippen molar-refractivity contribution in [3.63, 3.8) is 0 Å². The van der Waals surface area contributed by atoms with Crippen LogP contribution in [0.4, 0.5) is 0 Å². The highest BCUT2D eigenvalue weighted by Gasteiger charge is 2.05. The molecule has 0 bridgehead atoms. The van der Waals surface area contributed by atoms with Gasteiger partial charge in [-0.2, -0.15) is 0 Å². The van der Waals surface area contributed by atoms with Crippen LogP contribution in [0.1, 0.15) is 30.3 Å². The lowest BCUT2D eigenvalue weighted by atomic mass is 10.2. The highest BCUT2D eigenvalue weighted by atomic mass is 32.1. The van der Waals surface area contributed by atoms with Crippen LogP contribution in [0.15, 0.2) is 24.3 Å². The summed E-state index contributed by atoms with van der Waals surface area (Å²) in [5, 5.41) is 1.25. The van der Waals surface area contributed by atoms with E-state index in [2.05, 4.69) is 37.0 Å². The third-order valence-electron chi connectivity index (χ3n) is 2.53. The van der Waals surface area contributed by atoms with E-state index in [1.54, 1.807) is 0 Å². The van der Waals surface area contributed by atoms with Gasteiger partial charge in [0.1, 0.15) is 0 Å². The van der Waals surface area contributed by atoms with Crippen molar-refractivity contribution < 1.29 is 0 Å². The predicted octanol–water partition coefficient (Wildman–Crippen LogP) is 4.49. The highest BCUT2D eigenvalue weighted by Crippen LogP contribution is 2.27. The number of hydrogen-bond donors (Lipinski definition) is 0. The van der Waals surface area contributed by atoms with E-state index in [-0.39, 0.29) is 0 Å². The second-order valence-electron chi connectivity index (χ2n) is 3.81. The molecule has 2 rings (SSSR count). The summed E-state index contributed by atoms with van der Waals surface area (Å²) in [4.78, 5) is 4.66. The molecule has 0 N–H and O–H groups in total. The zero-order valence-electron chi connectivity index (χ0n) is 9.57. The normalized spacial score (nSPS) is 11.6. The summed E-state index contributed by atoms with van der Waals surface area (Å²) in [6.45, 7) is 5.96. The topological polar surface area (TPSA) is 12.9 Å². The number of thiazole rings is 1. The van der Waals surface area contributed by atoms with Crippen LogP contribution in [-0.2, 0) is 6.42 Å². The number of fused-ring (bicyclic) bond motifs is 1. The number of aryl methyl sites for hydroxylation is 1. The van der Waals surface area contributed by atoms with Crippen LogP contribution < -0.4 is 0 Å². The number of rotatable bonds is 4. The summed E-state index contributed by atoms with van der Waals surface area (Å²) in [5.41, 5.74) is 2.35.